The van der Waals surface area contributed by atoms with Crippen molar-refractivity contribution in [3.63, 3.8) is 0 Å². The van der Waals surface area contributed by atoms with E-state index < -0.39 is 32.1 Å². The van der Waals surface area contributed by atoms with Gasteiger partial charge in [-0.15, -0.1) is 0 Å². The Hall–Kier alpha value is -2.79. The first-order chi connectivity index (χ1) is 12.2. The number of alkyl halides is 2. The molecule has 0 amide bonds. The predicted octanol–water partition coefficient (Wildman–Crippen LogP) is 2.68. The number of ether oxygens (including phenoxy) is 2. The summed E-state index contributed by atoms with van der Waals surface area (Å²) in [6.45, 7) is -3.43. The third-order valence-corrected chi connectivity index (χ3v) is 4.71. The lowest BCUT2D eigenvalue weighted by atomic mass is 10.2. The Bertz CT molecular complexity index is 905. The molecule has 0 spiro atoms. The summed E-state index contributed by atoms with van der Waals surface area (Å²) in [7, 11) is -3.01. The lowest BCUT2D eigenvalue weighted by Crippen LogP contribution is -2.24. The molecule has 26 heavy (non-hydrogen) atoms. The van der Waals surface area contributed by atoms with Crippen LogP contribution in [0.2, 0.25) is 0 Å². The normalized spacial score (nSPS) is 11.4. The Morgan fingerprint density at radius 2 is 1.88 bits per heavy atom. The molecule has 0 fully saturated rings. The maximum Gasteiger partial charge on any atom is 0.387 e. The van der Waals surface area contributed by atoms with Gasteiger partial charge in [-0.25, -0.2) is 13.1 Å². The van der Waals surface area contributed by atoms with E-state index in [4.69, 9.17) is 4.74 Å². The SMILES string of the molecule is COc1ccc([N+](=O)[O-])cc1S(=O)(=O)NCc1ccccc1OC(F)F. The molecular formula is C15H14F2N2O6S. The number of nitro benzene ring substituents is 1. The van der Waals surface area contributed by atoms with Gasteiger partial charge in [0.2, 0.25) is 10.0 Å². The van der Waals surface area contributed by atoms with Gasteiger partial charge in [-0.1, -0.05) is 18.2 Å². The van der Waals surface area contributed by atoms with Gasteiger partial charge in [0.1, 0.15) is 16.4 Å². The molecule has 0 aliphatic rings. The van der Waals surface area contributed by atoms with Gasteiger partial charge in [0.15, 0.2) is 0 Å². The van der Waals surface area contributed by atoms with Crippen LogP contribution in [0.5, 0.6) is 11.5 Å². The smallest absolute Gasteiger partial charge is 0.387 e. The minimum Gasteiger partial charge on any atom is -0.495 e. The quantitative estimate of drug-likeness (QED) is 0.550. The number of benzene rings is 2. The van der Waals surface area contributed by atoms with Gasteiger partial charge in [0.05, 0.1) is 12.0 Å². The van der Waals surface area contributed by atoms with Crippen molar-refractivity contribution in [2.24, 2.45) is 0 Å². The van der Waals surface area contributed by atoms with Crippen molar-refractivity contribution in [2.45, 2.75) is 18.1 Å². The third kappa shape index (κ3) is 4.64. The third-order valence-electron chi connectivity index (χ3n) is 3.29. The van der Waals surface area contributed by atoms with E-state index >= 15 is 0 Å². The number of hydrogen-bond acceptors (Lipinski definition) is 6. The lowest BCUT2D eigenvalue weighted by molar-refractivity contribution is -0.385. The standard InChI is InChI=1S/C15H14F2N2O6S/c1-24-13-7-6-11(19(20)21)8-14(13)26(22,23)18-9-10-4-2-3-5-12(10)25-15(16)17/h2-8,15,18H,9H2,1H3. The number of halogens is 2. The number of sulfonamides is 1. The molecule has 0 saturated carbocycles. The van der Waals surface area contributed by atoms with Crippen LogP contribution in [0.15, 0.2) is 47.4 Å². The highest BCUT2D eigenvalue weighted by molar-refractivity contribution is 7.89. The van der Waals surface area contributed by atoms with Crippen LogP contribution >= 0.6 is 0 Å². The number of para-hydroxylation sites is 1. The molecule has 8 nitrogen and oxygen atoms in total. The minimum absolute atomic E-state index is 0.0970. The van der Waals surface area contributed by atoms with Crippen LogP contribution in [0, 0.1) is 10.1 Å². The molecule has 0 heterocycles. The number of nitrogens with one attached hydrogen (secondary N) is 1. The fourth-order valence-electron chi connectivity index (χ4n) is 2.10. The Morgan fingerprint density at radius 3 is 2.50 bits per heavy atom. The highest BCUT2D eigenvalue weighted by Crippen LogP contribution is 2.28. The second kappa shape index (κ2) is 8.06. The topological polar surface area (TPSA) is 108 Å². The van der Waals surface area contributed by atoms with Gasteiger partial charge in [-0.05, 0) is 12.1 Å². The average Bonchev–Trinajstić information content (AvgIpc) is 2.60. The van der Waals surface area contributed by atoms with Crippen molar-refractivity contribution < 1.29 is 31.6 Å². The van der Waals surface area contributed by atoms with Gasteiger partial charge in [-0.3, -0.25) is 10.1 Å². The van der Waals surface area contributed by atoms with Crippen LogP contribution in [-0.4, -0.2) is 27.1 Å². The fourth-order valence-corrected chi connectivity index (χ4v) is 3.29. The number of non-ortho nitro benzene ring substituents is 1. The van der Waals surface area contributed by atoms with Crippen LogP contribution in [0.3, 0.4) is 0 Å². The van der Waals surface area contributed by atoms with E-state index in [1.165, 1.54) is 31.4 Å². The van der Waals surface area contributed by atoms with Crippen LogP contribution in [0.25, 0.3) is 0 Å². The van der Waals surface area contributed by atoms with Crippen molar-refractivity contribution in [1.82, 2.24) is 4.72 Å². The highest BCUT2D eigenvalue weighted by Gasteiger charge is 2.23. The second-order valence-corrected chi connectivity index (χ2v) is 6.64. The van der Waals surface area contributed by atoms with E-state index in [0.29, 0.717) is 0 Å². The first-order valence-electron chi connectivity index (χ1n) is 7.09. The van der Waals surface area contributed by atoms with Gasteiger partial charge >= 0.3 is 6.61 Å². The van der Waals surface area contributed by atoms with Crippen molar-refractivity contribution in [1.29, 1.82) is 0 Å². The number of nitro groups is 1. The molecule has 0 radical (unpaired) electrons. The maximum absolute atomic E-state index is 12.5. The van der Waals surface area contributed by atoms with E-state index in [0.717, 1.165) is 18.2 Å². The predicted molar refractivity (Wildman–Crippen MR) is 86.7 cm³/mol. The monoisotopic (exact) mass is 388 g/mol. The zero-order valence-corrected chi connectivity index (χ0v) is 14.2. The minimum atomic E-state index is -4.22. The molecule has 11 heteroatoms. The van der Waals surface area contributed by atoms with Crippen molar-refractivity contribution in [3.05, 3.63) is 58.1 Å². The van der Waals surface area contributed by atoms with Crippen LogP contribution in [-0.2, 0) is 16.6 Å². The molecule has 0 aliphatic carbocycles. The summed E-state index contributed by atoms with van der Waals surface area (Å²) in [5.41, 5.74) is -0.270. The van der Waals surface area contributed by atoms with Crippen LogP contribution < -0.4 is 14.2 Å². The molecule has 0 saturated heterocycles. The first-order valence-corrected chi connectivity index (χ1v) is 8.57. The fraction of sp³-hybridized carbons (Fsp3) is 0.200. The van der Waals surface area contributed by atoms with Crippen molar-refractivity contribution >= 4 is 15.7 Å². The molecule has 140 valence electrons. The molecule has 0 unspecified atom stereocenters. The van der Waals surface area contributed by atoms with Crippen molar-refractivity contribution in [2.75, 3.05) is 7.11 Å². The van der Waals surface area contributed by atoms with E-state index in [1.807, 2.05) is 0 Å². The summed E-state index contributed by atoms with van der Waals surface area (Å²) in [5, 5.41) is 10.9. The van der Waals surface area contributed by atoms with Crippen molar-refractivity contribution in [3.8, 4) is 11.5 Å². The van der Waals surface area contributed by atoms with Gasteiger partial charge in [0.25, 0.3) is 5.69 Å². The highest BCUT2D eigenvalue weighted by atomic mass is 32.2. The number of nitrogens with zero attached hydrogens (tertiary/aromatic N) is 1. The molecular weight excluding hydrogens is 374 g/mol. The average molecular weight is 388 g/mol. The van der Waals surface area contributed by atoms with Gasteiger partial charge in [-0.2, -0.15) is 8.78 Å². The molecule has 2 rings (SSSR count). The summed E-state index contributed by atoms with van der Waals surface area (Å²) in [6, 6.07) is 8.76. The molecule has 0 aliphatic heterocycles. The zero-order chi connectivity index (χ0) is 19.3. The maximum atomic E-state index is 12.5. The summed E-state index contributed by atoms with van der Waals surface area (Å²) in [5.74, 6) is -0.281. The molecule has 2 aromatic rings. The van der Waals surface area contributed by atoms with Crippen LogP contribution in [0.4, 0.5) is 14.5 Å². The molecule has 0 atom stereocenters. The van der Waals surface area contributed by atoms with E-state index in [9.17, 15) is 27.3 Å². The largest absolute Gasteiger partial charge is 0.495 e. The second-order valence-electron chi connectivity index (χ2n) is 4.90. The zero-order valence-electron chi connectivity index (χ0n) is 13.4. The summed E-state index contributed by atoms with van der Waals surface area (Å²) in [6.07, 6.45) is 0. The van der Waals surface area contributed by atoms with Gasteiger partial charge < -0.3 is 9.47 Å². The summed E-state index contributed by atoms with van der Waals surface area (Å²) < 4.78 is 61.3. The summed E-state index contributed by atoms with van der Waals surface area (Å²) >= 11 is 0. The molecule has 0 aromatic heterocycles. The number of rotatable bonds is 8. The van der Waals surface area contributed by atoms with E-state index in [-0.39, 0.29) is 23.6 Å². The summed E-state index contributed by atoms with van der Waals surface area (Å²) in [4.78, 5) is 9.68. The molecule has 2 aromatic carbocycles. The van der Waals surface area contributed by atoms with E-state index in [2.05, 4.69) is 9.46 Å². The molecule has 1 N–H and O–H groups in total. The van der Waals surface area contributed by atoms with Crippen LogP contribution in [0.1, 0.15) is 5.56 Å². The number of methoxy groups -OCH3 is 1. The first kappa shape index (κ1) is 19.5. The lowest BCUT2D eigenvalue weighted by Gasteiger charge is -2.13. The molecule has 0 bridgehead atoms. The van der Waals surface area contributed by atoms with Gasteiger partial charge in [0, 0.05) is 24.2 Å². The number of hydrogen-bond donors (Lipinski definition) is 1. The Balaban J connectivity index is 2.30. The van der Waals surface area contributed by atoms with E-state index in [1.54, 1.807) is 0 Å². The Morgan fingerprint density at radius 1 is 1.19 bits per heavy atom. The Kier molecular flexibility index (Phi) is 6.05. The Labute approximate surface area is 147 Å².